The predicted octanol–water partition coefficient (Wildman–Crippen LogP) is 3.89. The Hall–Kier alpha value is -2.00. The highest BCUT2D eigenvalue weighted by atomic mass is 127. The first-order valence-electron chi connectivity index (χ1n) is 9.61. The number of ether oxygens (including phenoxy) is 2. The van der Waals surface area contributed by atoms with Crippen molar-refractivity contribution in [2.24, 2.45) is 4.99 Å². The summed E-state index contributed by atoms with van der Waals surface area (Å²) in [5.41, 5.74) is 2.06. The van der Waals surface area contributed by atoms with Crippen LogP contribution >= 0.6 is 24.0 Å². The number of rotatable bonds is 10. The molecule has 0 bridgehead atoms. The normalized spacial score (nSPS) is 12.0. The zero-order valence-corrected chi connectivity index (χ0v) is 19.7. The van der Waals surface area contributed by atoms with E-state index in [1.54, 1.807) is 20.2 Å². The summed E-state index contributed by atoms with van der Waals surface area (Å²) in [4.78, 5) is 4.22. The smallest absolute Gasteiger partial charge is 0.190 e. The zero-order valence-electron chi connectivity index (χ0n) is 17.4. The fraction of sp³-hybridized carbons (Fsp3) is 0.409. The molecule has 0 saturated carbocycles. The van der Waals surface area contributed by atoms with Crippen molar-refractivity contribution in [3.8, 4) is 11.5 Å². The largest absolute Gasteiger partial charge is 0.508 e. The third-order valence-electron chi connectivity index (χ3n) is 4.45. The van der Waals surface area contributed by atoms with Crippen LogP contribution in [0.25, 0.3) is 0 Å². The first-order valence-corrected chi connectivity index (χ1v) is 9.61. The van der Waals surface area contributed by atoms with Gasteiger partial charge in [-0.1, -0.05) is 36.4 Å². The monoisotopic (exact) mass is 513 g/mol. The SMILES string of the molecule is CN=C(NCCCOC(C)c1ccccc1)NCCc1ccc(OC)cc1O.I. The lowest BCUT2D eigenvalue weighted by molar-refractivity contribution is 0.0646. The first-order chi connectivity index (χ1) is 13.6. The number of phenolic OH excluding ortho intramolecular Hbond substituents is 1. The van der Waals surface area contributed by atoms with Gasteiger partial charge in [0.05, 0.1) is 13.2 Å². The van der Waals surface area contributed by atoms with Crippen LogP contribution in [0.15, 0.2) is 53.5 Å². The van der Waals surface area contributed by atoms with Crippen molar-refractivity contribution in [1.29, 1.82) is 0 Å². The summed E-state index contributed by atoms with van der Waals surface area (Å²) >= 11 is 0. The third kappa shape index (κ3) is 8.91. The second-order valence-corrected chi connectivity index (χ2v) is 6.45. The molecule has 0 saturated heterocycles. The number of hydrogen-bond donors (Lipinski definition) is 3. The molecule has 3 N–H and O–H groups in total. The van der Waals surface area contributed by atoms with E-state index in [1.165, 1.54) is 5.56 Å². The van der Waals surface area contributed by atoms with Crippen molar-refractivity contribution in [1.82, 2.24) is 10.6 Å². The summed E-state index contributed by atoms with van der Waals surface area (Å²) < 4.78 is 11.0. The third-order valence-corrected chi connectivity index (χ3v) is 4.45. The second-order valence-electron chi connectivity index (χ2n) is 6.45. The van der Waals surface area contributed by atoms with E-state index in [1.807, 2.05) is 30.3 Å². The molecule has 1 atom stereocenters. The van der Waals surface area contributed by atoms with Gasteiger partial charge in [0.1, 0.15) is 11.5 Å². The molecule has 6 nitrogen and oxygen atoms in total. The molecule has 160 valence electrons. The van der Waals surface area contributed by atoms with Crippen molar-refractivity contribution in [2.45, 2.75) is 25.9 Å². The number of phenols is 1. The number of hydrogen-bond acceptors (Lipinski definition) is 4. The quantitative estimate of drug-likeness (QED) is 0.195. The van der Waals surface area contributed by atoms with Gasteiger partial charge in [-0.3, -0.25) is 4.99 Å². The maximum atomic E-state index is 10.0. The molecule has 0 radical (unpaired) electrons. The highest BCUT2D eigenvalue weighted by Crippen LogP contribution is 2.23. The van der Waals surface area contributed by atoms with Gasteiger partial charge < -0.3 is 25.2 Å². The molecule has 0 aromatic heterocycles. The molecule has 0 heterocycles. The summed E-state index contributed by atoms with van der Waals surface area (Å²) in [6.07, 6.45) is 1.67. The number of guanidine groups is 1. The fourth-order valence-electron chi connectivity index (χ4n) is 2.78. The lowest BCUT2D eigenvalue weighted by Gasteiger charge is -2.15. The highest BCUT2D eigenvalue weighted by molar-refractivity contribution is 14.0. The summed E-state index contributed by atoms with van der Waals surface area (Å²) in [7, 11) is 3.33. The molecule has 0 fully saturated rings. The molecule has 0 spiro atoms. The molecular weight excluding hydrogens is 481 g/mol. The van der Waals surface area contributed by atoms with Crippen LogP contribution in [-0.2, 0) is 11.2 Å². The van der Waals surface area contributed by atoms with Gasteiger partial charge in [-0.15, -0.1) is 24.0 Å². The maximum Gasteiger partial charge on any atom is 0.190 e. The Kier molecular flexibility index (Phi) is 12.1. The molecular formula is C22H32IN3O3. The summed E-state index contributed by atoms with van der Waals surface area (Å²) in [5, 5.41) is 16.5. The first kappa shape index (κ1) is 25.0. The van der Waals surface area contributed by atoms with E-state index < -0.39 is 0 Å². The van der Waals surface area contributed by atoms with E-state index in [0.717, 1.165) is 24.5 Å². The Morgan fingerprint density at radius 1 is 1.10 bits per heavy atom. The number of nitrogens with one attached hydrogen (secondary N) is 2. The van der Waals surface area contributed by atoms with E-state index in [0.29, 0.717) is 25.3 Å². The maximum absolute atomic E-state index is 10.0. The molecule has 1 unspecified atom stereocenters. The Labute approximate surface area is 190 Å². The standard InChI is InChI=1S/C22H31N3O3.HI/c1-17(18-8-5-4-6-9-18)28-15-7-13-24-22(23-2)25-14-12-19-10-11-20(27-3)16-21(19)26;/h4-6,8-11,16-17,26H,7,12-15H2,1-3H3,(H2,23,24,25);1H. The highest BCUT2D eigenvalue weighted by Gasteiger charge is 2.05. The molecule has 0 aliphatic rings. The van der Waals surface area contributed by atoms with Gasteiger partial charge in [-0.25, -0.2) is 0 Å². The van der Waals surface area contributed by atoms with E-state index in [9.17, 15) is 5.11 Å². The fourth-order valence-corrected chi connectivity index (χ4v) is 2.78. The van der Waals surface area contributed by atoms with Gasteiger partial charge in [0.2, 0.25) is 0 Å². The summed E-state index contributed by atoms with van der Waals surface area (Å²) in [6.45, 7) is 4.19. The molecule has 7 heteroatoms. The minimum absolute atomic E-state index is 0. The lowest BCUT2D eigenvalue weighted by Crippen LogP contribution is -2.39. The number of methoxy groups -OCH3 is 1. The lowest BCUT2D eigenvalue weighted by atomic mass is 10.1. The molecule has 2 aromatic rings. The molecule has 2 rings (SSSR count). The molecule has 0 aliphatic heterocycles. The van der Waals surface area contributed by atoms with Crippen LogP contribution in [0.5, 0.6) is 11.5 Å². The zero-order chi connectivity index (χ0) is 20.2. The van der Waals surface area contributed by atoms with Crippen molar-refractivity contribution < 1.29 is 14.6 Å². The van der Waals surface area contributed by atoms with E-state index >= 15 is 0 Å². The number of halogens is 1. The van der Waals surface area contributed by atoms with E-state index in [4.69, 9.17) is 9.47 Å². The van der Waals surface area contributed by atoms with Gasteiger partial charge in [-0.05, 0) is 37.0 Å². The van der Waals surface area contributed by atoms with Crippen LogP contribution in [-0.4, -0.2) is 44.9 Å². The predicted molar refractivity (Wildman–Crippen MR) is 129 cm³/mol. The Balaban J connectivity index is 0.00000420. The van der Waals surface area contributed by atoms with E-state index in [2.05, 4.69) is 34.7 Å². The number of aliphatic imine (C=N–C) groups is 1. The molecule has 0 amide bonds. The molecule has 2 aromatic carbocycles. The van der Waals surface area contributed by atoms with Crippen molar-refractivity contribution in [2.75, 3.05) is 33.9 Å². The topological polar surface area (TPSA) is 75.1 Å². The minimum Gasteiger partial charge on any atom is -0.508 e. The van der Waals surface area contributed by atoms with Crippen LogP contribution in [0, 0.1) is 0 Å². The van der Waals surface area contributed by atoms with E-state index in [-0.39, 0.29) is 35.8 Å². The molecule has 29 heavy (non-hydrogen) atoms. The Bertz CT molecular complexity index is 741. The van der Waals surface area contributed by atoms with Crippen molar-refractivity contribution in [3.63, 3.8) is 0 Å². The summed E-state index contributed by atoms with van der Waals surface area (Å²) in [5.74, 6) is 1.63. The average molecular weight is 513 g/mol. The minimum atomic E-state index is 0. The van der Waals surface area contributed by atoms with Gasteiger partial charge in [0, 0.05) is 32.8 Å². The van der Waals surface area contributed by atoms with Gasteiger partial charge in [-0.2, -0.15) is 0 Å². The second kappa shape index (κ2) is 14.1. The number of benzene rings is 2. The van der Waals surface area contributed by atoms with Crippen LogP contribution in [0.4, 0.5) is 0 Å². The van der Waals surface area contributed by atoms with Gasteiger partial charge in [0.15, 0.2) is 5.96 Å². The van der Waals surface area contributed by atoms with Crippen LogP contribution in [0.2, 0.25) is 0 Å². The average Bonchev–Trinajstić information content (AvgIpc) is 2.73. The Morgan fingerprint density at radius 2 is 1.83 bits per heavy atom. The van der Waals surface area contributed by atoms with Gasteiger partial charge in [0.25, 0.3) is 0 Å². The summed E-state index contributed by atoms with van der Waals surface area (Å²) in [6, 6.07) is 15.6. The Morgan fingerprint density at radius 3 is 2.48 bits per heavy atom. The van der Waals surface area contributed by atoms with Crippen LogP contribution in [0.3, 0.4) is 0 Å². The van der Waals surface area contributed by atoms with Gasteiger partial charge >= 0.3 is 0 Å². The van der Waals surface area contributed by atoms with Crippen LogP contribution < -0.4 is 15.4 Å². The molecule has 0 aliphatic carbocycles. The van der Waals surface area contributed by atoms with Crippen molar-refractivity contribution >= 4 is 29.9 Å². The number of aromatic hydroxyl groups is 1. The number of nitrogens with zero attached hydrogens (tertiary/aromatic N) is 1. The van der Waals surface area contributed by atoms with Crippen molar-refractivity contribution in [3.05, 3.63) is 59.7 Å². The van der Waals surface area contributed by atoms with Crippen LogP contribution in [0.1, 0.15) is 30.6 Å².